The molecule has 0 aliphatic rings. The summed E-state index contributed by atoms with van der Waals surface area (Å²) < 4.78 is 24.8. The quantitative estimate of drug-likeness (QED) is 0.378. The zero-order chi connectivity index (χ0) is 20.4. The van der Waals surface area contributed by atoms with Crippen LogP contribution in [-0.4, -0.2) is 13.2 Å². The molecule has 0 unspecified atom stereocenters. The number of hydrogen-bond donors (Lipinski definition) is 1. The number of ether oxygens (including phenoxy) is 2. The lowest BCUT2D eigenvalue weighted by Gasteiger charge is -2.16. The van der Waals surface area contributed by atoms with Crippen LogP contribution in [0.5, 0.6) is 11.5 Å². The van der Waals surface area contributed by atoms with Gasteiger partial charge in [0.25, 0.3) is 0 Å². The SMILES string of the molecule is CCCCCCNCc1cc(Cl)c(OCc2ccc(F)cc2Cl)c(OCC)c1. The monoisotopic (exact) mass is 427 g/mol. The Labute approximate surface area is 177 Å². The maximum Gasteiger partial charge on any atom is 0.180 e. The van der Waals surface area contributed by atoms with E-state index in [0.717, 1.165) is 18.7 Å². The Kier molecular flexibility index (Phi) is 9.89. The van der Waals surface area contributed by atoms with E-state index in [9.17, 15) is 4.39 Å². The van der Waals surface area contributed by atoms with Gasteiger partial charge in [0.15, 0.2) is 11.5 Å². The molecule has 0 aromatic heterocycles. The van der Waals surface area contributed by atoms with Crippen molar-refractivity contribution in [2.75, 3.05) is 13.2 Å². The fourth-order valence-electron chi connectivity index (χ4n) is 2.82. The molecule has 0 amide bonds. The van der Waals surface area contributed by atoms with Gasteiger partial charge in [-0.1, -0.05) is 55.5 Å². The van der Waals surface area contributed by atoms with Gasteiger partial charge < -0.3 is 14.8 Å². The highest BCUT2D eigenvalue weighted by atomic mass is 35.5. The summed E-state index contributed by atoms with van der Waals surface area (Å²) in [4.78, 5) is 0. The van der Waals surface area contributed by atoms with Gasteiger partial charge in [-0.05, 0) is 49.7 Å². The van der Waals surface area contributed by atoms with Crippen LogP contribution in [-0.2, 0) is 13.2 Å². The second-order valence-corrected chi connectivity index (χ2v) is 7.41. The van der Waals surface area contributed by atoms with Crippen molar-refractivity contribution in [1.82, 2.24) is 5.32 Å². The molecule has 3 nitrogen and oxygen atoms in total. The minimum absolute atomic E-state index is 0.175. The normalized spacial score (nSPS) is 10.9. The lowest BCUT2D eigenvalue weighted by molar-refractivity contribution is 0.269. The van der Waals surface area contributed by atoms with Crippen molar-refractivity contribution in [2.24, 2.45) is 0 Å². The molecule has 0 aliphatic carbocycles. The highest BCUT2D eigenvalue weighted by Gasteiger charge is 2.14. The van der Waals surface area contributed by atoms with Crippen molar-refractivity contribution < 1.29 is 13.9 Å². The van der Waals surface area contributed by atoms with Gasteiger partial charge in [0.05, 0.1) is 16.7 Å². The minimum Gasteiger partial charge on any atom is -0.490 e. The Hall–Kier alpha value is -1.49. The molecule has 0 fully saturated rings. The van der Waals surface area contributed by atoms with Crippen LogP contribution in [0.25, 0.3) is 0 Å². The van der Waals surface area contributed by atoms with Gasteiger partial charge in [-0.3, -0.25) is 0 Å². The van der Waals surface area contributed by atoms with E-state index in [-0.39, 0.29) is 12.4 Å². The van der Waals surface area contributed by atoms with Crippen LogP contribution < -0.4 is 14.8 Å². The highest BCUT2D eigenvalue weighted by molar-refractivity contribution is 6.32. The van der Waals surface area contributed by atoms with E-state index < -0.39 is 0 Å². The second-order valence-electron chi connectivity index (χ2n) is 6.60. The van der Waals surface area contributed by atoms with Crippen molar-refractivity contribution in [3.63, 3.8) is 0 Å². The number of benzene rings is 2. The Morgan fingerprint density at radius 3 is 2.50 bits per heavy atom. The third-order valence-corrected chi connectivity index (χ3v) is 4.93. The predicted octanol–water partition coefficient (Wildman–Crippen LogP) is 6.78. The largest absolute Gasteiger partial charge is 0.490 e. The first kappa shape index (κ1) is 22.8. The predicted molar refractivity (Wildman–Crippen MR) is 114 cm³/mol. The van der Waals surface area contributed by atoms with E-state index in [0.29, 0.717) is 33.7 Å². The molecule has 2 rings (SSSR count). The Morgan fingerprint density at radius 1 is 0.964 bits per heavy atom. The third kappa shape index (κ3) is 7.16. The zero-order valence-corrected chi connectivity index (χ0v) is 18.0. The third-order valence-electron chi connectivity index (χ3n) is 4.29. The molecular formula is C22H28Cl2FNO2. The second kappa shape index (κ2) is 12.2. The standard InChI is InChI=1S/C22H28Cl2FNO2/c1-3-5-6-7-10-26-14-16-11-20(24)22(21(12-16)27-4-2)28-15-17-8-9-18(25)13-19(17)23/h8-9,11-13,26H,3-7,10,14-15H2,1-2H3. The molecule has 0 heterocycles. The first-order valence-corrected chi connectivity index (χ1v) is 10.5. The van der Waals surface area contributed by atoms with Crippen LogP contribution >= 0.6 is 23.2 Å². The summed E-state index contributed by atoms with van der Waals surface area (Å²) in [6.07, 6.45) is 4.91. The molecule has 6 heteroatoms. The summed E-state index contributed by atoms with van der Waals surface area (Å²) in [7, 11) is 0. The molecule has 1 N–H and O–H groups in total. The number of halogens is 3. The van der Waals surface area contributed by atoms with Gasteiger partial charge in [0.2, 0.25) is 0 Å². The van der Waals surface area contributed by atoms with Crippen molar-refractivity contribution in [3.05, 3.63) is 57.3 Å². The number of unbranched alkanes of at least 4 members (excludes halogenated alkanes) is 3. The molecule has 0 bridgehead atoms. The van der Waals surface area contributed by atoms with Crippen LogP contribution in [0.1, 0.15) is 50.7 Å². The molecule has 0 radical (unpaired) electrons. The maximum atomic E-state index is 13.2. The molecule has 2 aromatic carbocycles. The molecule has 0 atom stereocenters. The summed E-state index contributed by atoms with van der Waals surface area (Å²) in [5, 5.41) is 4.24. The van der Waals surface area contributed by atoms with Gasteiger partial charge in [-0.15, -0.1) is 0 Å². The number of nitrogens with one attached hydrogen (secondary N) is 1. The van der Waals surface area contributed by atoms with E-state index in [4.69, 9.17) is 32.7 Å². The summed E-state index contributed by atoms with van der Waals surface area (Å²) >= 11 is 12.5. The van der Waals surface area contributed by atoms with Crippen LogP contribution in [0, 0.1) is 5.82 Å². The van der Waals surface area contributed by atoms with E-state index in [1.807, 2.05) is 19.1 Å². The molecule has 0 aliphatic heterocycles. The molecule has 154 valence electrons. The van der Waals surface area contributed by atoms with Crippen molar-refractivity contribution >= 4 is 23.2 Å². The fraction of sp³-hybridized carbons (Fsp3) is 0.455. The summed E-state index contributed by atoms with van der Waals surface area (Å²) in [5.74, 6) is 0.681. The lowest BCUT2D eigenvalue weighted by atomic mass is 10.1. The van der Waals surface area contributed by atoms with Crippen molar-refractivity contribution in [1.29, 1.82) is 0 Å². The van der Waals surface area contributed by atoms with Gasteiger partial charge in [-0.25, -0.2) is 4.39 Å². The van der Waals surface area contributed by atoms with Crippen LogP contribution in [0.3, 0.4) is 0 Å². The van der Waals surface area contributed by atoms with Crippen molar-refractivity contribution in [3.8, 4) is 11.5 Å². The van der Waals surface area contributed by atoms with E-state index >= 15 is 0 Å². The van der Waals surface area contributed by atoms with Gasteiger partial charge >= 0.3 is 0 Å². The molecule has 0 saturated heterocycles. The smallest absolute Gasteiger partial charge is 0.180 e. The Morgan fingerprint density at radius 2 is 1.79 bits per heavy atom. The average Bonchev–Trinajstić information content (AvgIpc) is 2.65. The molecule has 0 saturated carbocycles. The van der Waals surface area contributed by atoms with E-state index in [1.54, 1.807) is 6.07 Å². The highest BCUT2D eigenvalue weighted by Crippen LogP contribution is 2.37. The van der Waals surface area contributed by atoms with Gasteiger partial charge in [0, 0.05) is 12.1 Å². The minimum atomic E-state index is -0.381. The number of hydrogen-bond acceptors (Lipinski definition) is 3. The topological polar surface area (TPSA) is 30.5 Å². The van der Waals surface area contributed by atoms with Crippen LogP contribution in [0.2, 0.25) is 10.0 Å². The van der Waals surface area contributed by atoms with E-state index in [2.05, 4.69) is 12.2 Å². The van der Waals surface area contributed by atoms with Crippen LogP contribution in [0.15, 0.2) is 30.3 Å². The maximum absolute atomic E-state index is 13.2. The summed E-state index contributed by atoms with van der Waals surface area (Å²) in [6, 6.07) is 8.04. The van der Waals surface area contributed by atoms with Gasteiger partial charge in [0.1, 0.15) is 12.4 Å². The summed E-state index contributed by atoms with van der Waals surface area (Å²) in [6.45, 7) is 6.48. The van der Waals surface area contributed by atoms with Crippen LogP contribution in [0.4, 0.5) is 4.39 Å². The average molecular weight is 428 g/mol. The molecule has 2 aromatic rings. The Bertz CT molecular complexity index is 756. The van der Waals surface area contributed by atoms with Gasteiger partial charge in [-0.2, -0.15) is 0 Å². The van der Waals surface area contributed by atoms with Crippen molar-refractivity contribution in [2.45, 2.75) is 52.7 Å². The molecule has 28 heavy (non-hydrogen) atoms. The Balaban J connectivity index is 2.02. The summed E-state index contributed by atoms with van der Waals surface area (Å²) in [5.41, 5.74) is 1.72. The lowest BCUT2D eigenvalue weighted by Crippen LogP contribution is -2.15. The first-order chi connectivity index (χ1) is 13.5. The number of rotatable bonds is 12. The molecular weight excluding hydrogens is 400 g/mol. The fourth-order valence-corrected chi connectivity index (χ4v) is 3.33. The first-order valence-electron chi connectivity index (χ1n) is 9.77. The van der Waals surface area contributed by atoms with E-state index in [1.165, 1.54) is 37.8 Å². The zero-order valence-electron chi connectivity index (χ0n) is 16.5. The molecule has 0 spiro atoms.